The molecule has 0 spiro atoms. The molecule has 4 aromatic carbocycles. The summed E-state index contributed by atoms with van der Waals surface area (Å²) in [7, 11) is 0. The van der Waals surface area contributed by atoms with Crippen LogP contribution in [0.5, 0.6) is 0 Å². The van der Waals surface area contributed by atoms with E-state index in [4.69, 9.17) is 0 Å². The van der Waals surface area contributed by atoms with Gasteiger partial charge in [0.2, 0.25) is 5.91 Å². The average molecular weight is 599 g/mol. The highest BCUT2D eigenvalue weighted by Gasteiger charge is 2.21. The molecule has 0 saturated heterocycles. The van der Waals surface area contributed by atoms with Crippen LogP contribution in [0.1, 0.15) is 29.3 Å². The molecular formula is C32H27FN4O5S. The molecule has 1 atom stereocenters. The summed E-state index contributed by atoms with van der Waals surface area (Å²) in [4.78, 5) is 50.8. The maximum atomic E-state index is 14.0. The molecular weight excluding hydrogens is 571 g/mol. The van der Waals surface area contributed by atoms with E-state index in [2.05, 4.69) is 16.0 Å². The average Bonchev–Trinajstić information content (AvgIpc) is 3.01. The molecule has 9 nitrogen and oxygen atoms in total. The first-order valence-corrected chi connectivity index (χ1v) is 14.1. The number of nitrogens with zero attached hydrogens (tertiary/aromatic N) is 1. The molecule has 0 saturated carbocycles. The van der Waals surface area contributed by atoms with Crippen LogP contribution in [0.4, 0.5) is 21.5 Å². The third-order valence-corrected chi connectivity index (χ3v) is 7.49. The number of rotatable bonds is 11. The smallest absolute Gasteiger partial charge is 0.276 e. The highest BCUT2D eigenvalue weighted by atomic mass is 32.2. The first-order valence-electron chi connectivity index (χ1n) is 13.2. The molecule has 0 fully saturated rings. The van der Waals surface area contributed by atoms with Crippen molar-refractivity contribution >= 4 is 52.6 Å². The molecule has 0 radical (unpaired) electrons. The minimum atomic E-state index is -0.714. The molecule has 218 valence electrons. The second-order valence-electron chi connectivity index (χ2n) is 9.16. The number of nitro groups is 1. The number of hydrogen-bond donors (Lipinski definition) is 3. The number of carbonyl (C=O) groups excluding carboxylic acids is 3. The van der Waals surface area contributed by atoms with Crippen LogP contribution in [0.25, 0.3) is 6.08 Å². The molecule has 4 rings (SSSR count). The van der Waals surface area contributed by atoms with Gasteiger partial charge in [0.1, 0.15) is 11.5 Å². The van der Waals surface area contributed by atoms with Gasteiger partial charge in [0.25, 0.3) is 17.5 Å². The summed E-state index contributed by atoms with van der Waals surface area (Å²) >= 11 is 1.24. The number of halogens is 1. The molecule has 3 N–H and O–H groups in total. The van der Waals surface area contributed by atoms with Gasteiger partial charge in [0.15, 0.2) is 0 Å². The van der Waals surface area contributed by atoms with Gasteiger partial charge < -0.3 is 16.0 Å². The zero-order valence-corrected chi connectivity index (χ0v) is 23.8. The molecule has 0 heterocycles. The maximum Gasteiger partial charge on any atom is 0.276 e. The summed E-state index contributed by atoms with van der Waals surface area (Å²) in [5.74, 6) is -2.19. The normalized spacial score (nSPS) is 11.7. The highest BCUT2D eigenvalue weighted by Crippen LogP contribution is 2.29. The van der Waals surface area contributed by atoms with Gasteiger partial charge in [-0.1, -0.05) is 55.5 Å². The van der Waals surface area contributed by atoms with E-state index in [0.29, 0.717) is 22.6 Å². The highest BCUT2D eigenvalue weighted by molar-refractivity contribution is 8.00. The Hall–Kier alpha value is -5.29. The monoisotopic (exact) mass is 598 g/mol. The van der Waals surface area contributed by atoms with Crippen molar-refractivity contribution in [3.8, 4) is 0 Å². The standard InChI is InChI=1S/C32H27FN4O5S/c1-2-29(32(40)35-26-17-8-7-16-25(26)33)43-24-15-10-14-23(20-24)34-31(39)27(36-30(38)21-11-4-3-5-12-21)19-22-13-6-9-18-28(22)37(41)42/h3-20,29H,2H2,1H3,(H,34,39)(H,35,40)(H,36,38)/b27-19+. The summed E-state index contributed by atoms with van der Waals surface area (Å²) < 4.78 is 14.0. The van der Waals surface area contributed by atoms with E-state index in [9.17, 15) is 28.9 Å². The van der Waals surface area contributed by atoms with E-state index < -0.39 is 27.8 Å². The second-order valence-corrected chi connectivity index (χ2v) is 10.4. The molecule has 4 aromatic rings. The van der Waals surface area contributed by atoms with Crippen molar-refractivity contribution < 1.29 is 23.7 Å². The molecule has 1 unspecified atom stereocenters. The van der Waals surface area contributed by atoms with Gasteiger partial charge in [-0.05, 0) is 61.0 Å². The minimum absolute atomic E-state index is 0.0862. The summed E-state index contributed by atoms with van der Waals surface area (Å²) in [6, 6.07) is 26.7. The van der Waals surface area contributed by atoms with E-state index >= 15 is 0 Å². The van der Waals surface area contributed by atoms with E-state index in [1.807, 2.05) is 6.92 Å². The largest absolute Gasteiger partial charge is 0.323 e. The van der Waals surface area contributed by atoms with Crippen LogP contribution in [0.15, 0.2) is 114 Å². The number of benzene rings is 4. The Morgan fingerprint density at radius 2 is 1.60 bits per heavy atom. The van der Waals surface area contributed by atoms with Crippen LogP contribution in [-0.4, -0.2) is 27.9 Å². The van der Waals surface area contributed by atoms with E-state index in [1.165, 1.54) is 54.2 Å². The number of nitro benzene ring substituents is 1. The number of nitrogens with one attached hydrogen (secondary N) is 3. The Morgan fingerprint density at radius 1 is 0.907 bits per heavy atom. The summed E-state index contributed by atoms with van der Waals surface area (Å²) in [6.07, 6.45) is 1.70. The van der Waals surface area contributed by atoms with Crippen LogP contribution in [0, 0.1) is 15.9 Å². The van der Waals surface area contributed by atoms with Crippen molar-refractivity contribution in [2.45, 2.75) is 23.5 Å². The summed E-state index contributed by atoms with van der Waals surface area (Å²) in [5, 5.41) is 18.9. The van der Waals surface area contributed by atoms with Gasteiger partial charge in [-0.2, -0.15) is 0 Å². The minimum Gasteiger partial charge on any atom is -0.323 e. The Labute approximate surface area is 251 Å². The zero-order valence-electron chi connectivity index (χ0n) is 23.0. The number of carbonyl (C=O) groups is 3. The Bertz CT molecular complexity index is 1680. The topological polar surface area (TPSA) is 130 Å². The molecule has 0 aliphatic heterocycles. The summed E-state index contributed by atoms with van der Waals surface area (Å²) in [5.41, 5.74) is 0.421. The molecule has 3 amide bonds. The van der Waals surface area contributed by atoms with Gasteiger partial charge in [0, 0.05) is 22.2 Å². The van der Waals surface area contributed by atoms with Crippen LogP contribution in [0.2, 0.25) is 0 Å². The molecule has 11 heteroatoms. The lowest BCUT2D eigenvalue weighted by atomic mass is 10.1. The van der Waals surface area contributed by atoms with Crippen molar-refractivity contribution in [2.75, 3.05) is 10.6 Å². The first-order chi connectivity index (χ1) is 20.7. The van der Waals surface area contributed by atoms with Gasteiger partial charge in [-0.15, -0.1) is 11.8 Å². The number of hydrogen-bond acceptors (Lipinski definition) is 6. The third kappa shape index (κ3) is 8.37. The number of anilines is 2. The lowest BCUT2D eigenvalue weighted by molar-refractivity contribution is -0.385. The van der Waals surface area contributed by atoms with Crippen molar-refractivity contribution in [2.24, 2.45) is 0 Å². The van der Waals surface area contributed by atoms with Crippen molar-refractivity contribution in [3.05, 3.63) is 136 Å². The predicted molar refractivity (Wildman–Crippen MR) is 165 cm³/mol. The number of thioether (sulfide) groups is 1. The maximum absolute atomic E-state index is 14.0. The fraction of sp³-hybridized carbons (Fsp3) is 0.0938. The van der Waals surface area contributed by atoms with Crippen molar-refractivity contribution in [1.29, 1.82) is 0 Å². The predicted octanol–water partition coefficient (Wildman–Crippen LogP) is 6.65. The van der Waals surface area contributed by atoms with Crippen molar-refractivity contribution in [1.82, 2.24) is 5.32 Å². The van der Waals surface area contributed by atoms with Gasteiger partial charge in [-0.3, -0.25) is 24.5 Å². The van der Waals surface area contributed by atoms with Crippen LogP contribution in [0.3, 0.4) is 0 Å². The molecule has 0 aromatic heterocycles. The Kier molecular flexibility index (Phi) is 10.4. The lowest BCUT2D eigenvalue weighted by Gasteiger charge is -2.16. The Balaban J connectivity index is 1.55. The number of amides is 3. The van der Waals surface area contributed by atoms with Crippen LogP contribution in [-0.2, 0) is 9.59 Å². The fourth-order valence-electron chi connectivity index (χ4n) is 3.98. The van der Waals surface area contributed by atoms with Gasteiger partial charge in [0.05, 0.1) is 21.4 Å². The van der Waals surface area contributed by atoms with E-state index in [0.717, 1.165) is 0 Å². The Morgan fingerprint density at radius 3 is 2.33 bits per heavy atom. The fourth-order valence-corrected chi connectivity index (χ4v) is 4.99. The molecule has 0 bridgehead atoms. The van der Waals surface area contributed by atoms with E-state index in [1.54, 1.807) is 66.7 Å². The molecule has 0 aliphatic rings. The quantitative estimate of drug-likeness (QED) is 0.0767. The van der Waals surface area contributed by atoms with Gasteiger partial charge >= 0.3 is 0 Å². The molecule has 43 heavy (non-hydrogen) atoms. The zero-order chi connectivity index (χ0) is 30.8. The van der Waals surface area contributed by atoms with Crippen LogP contribution >= 0.6 is 11.8 Å². The van der Waals surface area contributed by atoms with Crippen molar-refractivity contribution in [3.63, 3.8) is 0 Å². The third-order valence-electron chi connectivity index (χ3n) is 6.13. The van der Waals surface area contributed by atoms with E-state index in [-0.39, 0.29) is 28.5 Å². The first kappa shape index (κ1) is 30.7. The lowest BCUT2D eigenvalue weighted by Crippen LogP contribution is -2.30. The second kappa shape index (κ2) is 14.6. The number of para-hydroxylation sites is 2. The molecule has 0 aliphatic carbocycles. The summed E-state index contributed by atoms with van der Waals surface area (Å²) in [6.45, 7) is 1.83. The van der Waals surface area contributed by atoms with Crippen LogP contribution < -0.4 is 16.0 Å². The SMILES string of the molecule is CCC(Sc1cccc(NC(=O)/C(=C\c2ccccc2[N+](=O)[O-])NC(=O)c2ccccc2)c1)C(=O)Nc1ccccc1F. The van der Waals surface area contributed by atoms with Gasteiger partial charge in [-0.25, -0.2) is 4.39 Å².